The Morgan fingerprint density at radius 1 is 0.305 bits per heavy atom. The van der Waals surface area contributed by atoms with E-state index in [2.05, 4.69) is 208 Å². The fraction of sp³-hybridized carbons (Fsp3) is 0.0536. The summed E-state index contributed by atoms with van der Waals surface area (Å²) in [4.78, 5) is 15.8. The van der Waals surface area contributed by atoms with Gasteiger partial charge in [-0.25, -0.2) is 15.0 Å². The molecule has 0 saturated heterocycles. The van der Waals surface area contributed by atoms with E-state index < -0.39 is 0 Å². The van der Waals surface area contributed by atoms with E-state index >= 15 is 0 Å². The summed E-state index contributed by atoms with van der Waals surface area (Å²) in [5.74, 6) is 1.91. The summed E-state index contributed by atoms with van der Waals surface area (Å²) >= 11 is 0. The molecule has 0 N–H and O–H groups in total. The van der Waals surface area contributed by atoms with Gasteiger partial charge in [-0.1, -0.05) is 196 Å². The number of benzene rings is 9. The molecule has 59 heavy (non-hydrogen) atoms. The van der Waals surface area contributed by atoms with Crippen LogP contribution in [0.25, 0.3) is 100 Å². The molecule has 278 valence electrons. The third-order valence-corrected chi connectivity index (χ3v) is 12.2. The van der Waals surface area contributed by atoms with Gasteiger partial charge in [0.05, 0.1) is 0 Å². The van der Waals surface area contributed by atoms with Crippen LogP contribution in [0.2, 0.25) is 0 Å². The molecule has 3 nitrogen and oxygen atoms in total. The van der Waals surface area contributed by atoms with Crippen molar-refractivity contribution in [3.8, 4) is 78.7 Å². The molecule has 1 aliphatic rings. The molecule has 0 saturated carbocycles. The second-order valence-electron chi connectivity index (χ2n) is 16.0. The summed E-state index contributed by atoms with van der Waals surface area (Å²) in [5.41, 5.74) is 15.3. The van der Waals surface area contributed by atoms with Crippen molar-refractivity contribution >= 4 is 21.5 Å². The quantitative estimate of drug-likeness (QED) is 0.170. The van der Waals surface area contributed by atoms with Gasteiger partial charge in [0, 0.05) is 22.1 Å². The van der Waals surface area contributed by atoms with Gasteiger partial charge in [-0.2, -0.15) is 0 Å². The monoisotopic (exact) mass is 753 g/mol. The zero-order chi connectivity index (χ0) is 39.5. The molecule has 0 amide bonds. The molecule has 3 heteroatoms. The maximum atomic E-state index is 5.28. The van der Waals surface area contributed by atoms with Gasteiger partial charge >= 0.3 is 0 Å². The smallest absolute Gasteiger partial charge is 0.164 e. The highest BCUT2D eigenvalue weighted by atomic mass is 15.0. The average Bonchev–Trinajstić information content (AvgIpc) is 3.54. The predicted octanol–water partition coefficient (Wildman–Crippen LogP) is 14.5. The van der Waals surface area contributed by atoms with Crippen LogP contribution in [0.4, 0.5) is 0 Å². The van der Waals surface area contributed by atoms with Crippen LogP contribution in [0.3, 0.4) is 0 Å². The minimum absolute atomic E-state index is 0.0479. The van der Waals surface area contributed by atoms with Crippen LogP contribution in [0.1, 0.15) is 25.0 Å². The van der Waals surface area contributed by atoms with Crippen LogP contribution in [0, 0.1) is 0 Å². The first-order valence-corrected chi connectivity index (χ1v) is 20.3. The molecule has 1 aliphatic carbocycles. The van der Waals surface area contributed by atoms with E-state index in [1.54, 1.807) is 0 Å². The fourth-order valence-electron chi connectivity index (χ4n) is 9.20. The molecular weight excluding hydrogens is 715 g/mol. The van der Waals surface area contributed by atoms with E-state index in [0.29, 0.717) is 17.5 Å². The Labute approximate surface area is 344 Å². The van der Waals surface area contributed by atoms with E-state index in [1.165, 1.54) is 49.9 Å². The Balaban J connectivity index is 1.07. The highest BCUT2D eigenvalue weighted by Crippen LogP contribution is 2.52. The van der Waals surface area contributed by atoms with Gasteiger partial charge in [-0.15, -0.1) is 0 Å². The lowest BCUT2D eigenvalue weighted by Gasteiger charge is -2.21. The lowest BCUT2D eigenvalue weighted by atomic mass is 9.82. The molecule has 0 atom stereocenters. The van der Waals surface area contributed by atoms with Gasteiger partial charge in [0.25, 0.3) is 0 Å². The number of hydrogen-bond donors (Lipinski definition) is 0. The van der Waals surface area contributed by atoms with Crippen molar-refractivity contribution in [1.29, 1.82) is 0 Å². The van der Waals surface area contributed by atoms with Crippen LogP contribution in [0.5, 0.6) is 0 Å². The van der Waals surface area contributed by atoms with Crippen molar-refractivity contribution in [1.82, 2.24) is 15.0 Å². The van der Waals surface area contributed by atoms with Crippen molar-refractivity contribution in [2.24, 2.45) is 0 Å². The second kappa shape index (κ2) is 13.9. The Morgan fingerprint density at radius 3 is 1.53 bits per heavy atom. The molecule has 10 aromatic rings. The number of hydrogen-bond acceptors (Lipinski definition) is 3. The molecule has 0 radical (unpaired) electrons. The van der Waals surface area contributed by atoms with Crippen LogP contribution in [-0.2, 0) is 5.41 Å². The Kier molecular flexibility index (Phi) is 8.16. The third kappa shape index (κ3) is 5.85. The standard InChI is InChI=1S/C56H39N3/c1-56(2)50-26-14-13-24-49(50)52-44(25-15-27-51(52)56)40-30-28-39-35-41(31-29-38(39)34-40)53-57-54(47-23-12-9-20-42(47)36-16-5-3-6-17-36)59-55(58-53)48-33-32-43(37-18-7-4-8-19-37)45-21-10-11-22-46(45)48/h3-35H,1-2H3. The van der Waals surface area contributed by atoms with Crippen LogP contribution in [0.15, 0.2) is 200 Å². The van der Waals surface area contributed by atoms with E-state index in [-0.39, 0.29) is 5.41 Å². The molecule has 0 unspecified atom stereocenters. The van der Waals surface area contributed by atoms with Crippen LogP contribution >= 0.6 is 0 Å². The van der Waals surface area contributed by atoms with E-state index in [1.807, 2.05) is 6.07 Å². The first-order valence-electron chi connectivity index (χ1n) is 20.3. The first kappa shape index (κ1) is 34.7. The van der Waals surface area contributed by atoms with Crippen molar-refractivity contribution < 1.29 is 0 Å². The maximum absolute atomic E-state index is 5.28. The number of aromatic nitrogens is 3. The summed E-state index contributed by atoms with van der Waals surface area (Å²) in [6, 6.07) is 71.4. The molecule has 0 fully saturated rings. The van der Waals surface area contributed by atoms with Crippen LogP contribution in [-0.4, -0.2) is 15.0 Å². The largest absolute Gasteiger partial charge is 0.208 e. The predicted molar refractivity (Wildman–Crippen MR) is 245 cm³/mol. The van der Waals surface area contributed by atoms with Crippen molar-refractivity contribution in [2.45, 2.75) is 19.3 Å². The Bertz CT molecular complexity index is 3240. The average molecular weight is 754 g/mol. The maximum Gasteiger partial charge on any atom is 0.164 e. The van der Waals surface area contributed by atoms with Gasteiger partial charge in [0.1, 0.15) is 0 Å². The molecule has 9 aromatic carbocycles. The van der Waals surface area contributed by atoms with Gasteiger partial charge in [0.15, 0.2) is 17.5 Å². The van der Waals surface area contributed by atoms with Crippen molar-refractivity contribution in [3.05, 3.63) is 211 Å². The van der Waals surface area contributed by atoms with Gasteiger partial charge in [-0.05, 0) is 95.4 Å². The minimum atomic E-state index is -0.0479. The SMILES string of the molecule is CC1(C)c2ccccc2-c2c(-c3ccc4cc(-c5nc(-c6ccccc6-c6ccccc6)nc(-c6ccc(-c7ccccc7)c7ccccc67)n5)ccc4c3)cccc21. The molecular formula is C56H39N3. The normalized spacial score (nSPS) is 12.7. The highest BCUT2D eigenvalue weighted by Gasteiger charge is 2.36. The fourth-order valence-corrected chi connectivity index (χ4v) is 9.20. The lowest BCUT2D eigenvalue weighted by molar-refractivity contribution is 0.660. The summed E-state index contributed by atoms with van der Waals surface area (Å²) < 4.78 is 0. The summed E-state index contributed by atoms with van der Waals surface area (Å²) in [5, 5.41) is 4.55. The molecule has 0 bridgehead atoms. The van der Waals surface area contributed by atoms with E-state index in [4.69, 9.17) is 15.0 Å². The third-order valence-electron chi connectivity index (χ3n) is 12.2. The van der Waals surface area contributed by atoms with Crippen molar-refractivity contribution in [2.75, 3.05) is 0 Å². The molecule has 0 spiro atoms. The highest BCUT2D eigenvalue weighted by molar-refractivity contribution is 6.04. The Morgan fingerprint density at radius 2 is 0.797 bits per heavy atom. The Hall–Kier alpha value is -7.49. The number of rotatable bonds is 6. The van der Waals surface area contributed by atoms with Crippen LogP contribution < -0.4 is 0 Å². The van der Waals surface area contributed by atoms with Gasteiger partial charge in [-0.3, -0.25) is 0 Å². The summed E-state index contributed by atoms with van der Waals surface area (Å²) in [6.45, 7) is 4.67. The molecule has 0 aliphatic heterocycles. The minimum Gasteiger partial charge on any atom is -0.208 e. The summed E-state index contributed by atoms with van der Waals surface area (Å²) in [7, 11) is 0. The van der Waals surface area contributed by atoms with Crippen molar-refractivity contribution in [3.63, 3.8) is 0 Å². The zero-order valence-corrected chi connectivity index (χ0v) is 32.9. The van der Waals surface area contributed by atoms with Gasteiger partial charge < -0.3 is 0 Å². The molecule has 1 aromatic heterocycles. The summed E-state index contributed by atoms with van der Waals surface area (Å²) in [6.07, 6.45) is 0. The lowest BCUT2D eigenvalue weighted by Crippen LogP contribution is -2.14. The molecule has 1 heterocycles. The second-order valence-corrected chi connectivity index (χ2v) is 16.0. The van der Waals surface area contributed by atoms with E-state index in [0.717, 1.165) is 44.0 Å². The van der Waals surface area contributed by atoms with E-state index in [9.17, 15) is 0 Å². The zero-order valence-electron chi connectivity index (χ0n) is 32.9. The topological polar surface area (TPSA) is 38.7 Å². The first-order chi connectivity index (χ1) is 29.0. The number of fused-ring (bicyclic) bond motifs is 5. The molecule has 11 rings (SSSR count). The van der Waals surface area contributed by atoms with Gasteiger partial charge in [0.2, 0.25) is 0 Å². The number of nitrogens with zero attached hydrogens (tertiary/aromatic N) is 3.